The average Bonchev–Trinajstić information content (AvgIpc) is 3.64. The molecule has 0 bridgehead atoms. The minimum absolute atomic E-state index is 0.626. The third-order valence-electron chi connectivity index (χ3n) is 8.32. The average molecular weight is 553 g/mol. The fraction of sp³-hybridized carbons (Fsp3) is 0. The van der Waals surface area contributed by atoms with E-state index in [2.05, 4.69) is 114 Å². The number of hydrogen-bond acceptors (Lipinski definition) is 4. The van der Waals surface area contributed by atoms with Crippen LogP contribution < -0.4 is 4.90 Å². The Kier molecular flexibility index (Phi) is 5.16. The molecule has 0 aliphatic rings. The summed E-state index contributed by atoms with van der Waals surface area (Å²) >= 11 is 0. The van der Waals surface area contributed by atoms with Crippen LogP contribution in [0.4, 0.5) is 17.1 Å². The highest BCUT2D eigenvalue weighted by atomic mass is 16.3. The van der Waals surface area contributed by atoms with Gasteiger partial charge in [0.15, 0.2) is 0 Å². The summed E-state index contributed by atoms with van der Waals surface area (Å²) in [6.45, 7) is 0. The molecule has 0 saturated carbocycles. The lowest BCUT2D eigenvalue weighted by molar-refractivity contribution is 0.654. The maximum Gasteiger partial charge on any atom is 0.227 e. The summed E-state index contributed by atoms with van der Waals surface area (Å²) in [6, 6.07) is 48.4. The van der Waals surface area contributed by atoms with Gasteiger partial charge in [-0.3, -0.25) is 0 Å². The molecular weight excluding hydrogens is 528 g/mol. The molecule has 3 heterocycles. The number of fused-ring (bicyclic) bond motifs is 8. The number of anilines is 3. The fourth-order valence-corrected chi connectivity index (χ4v) is 6.35. The Bertz CT molecular complexity index is 2450. The van der Waals surface area contributed by atoms with Gasteiger partial charge in [-0.25, -0.2) is 4.98 Å². The molecule has 3 aromatic heterocycles. The van der Waals surface area contributed by atoms with Crippen molar-refractivity contribution in [3.63, 3.8) is 0 Å². The first-order valence-electron chi connectivity index (χ1n) is 14.4. The van der Waals surface area contributed by atoms with Gasteiger partial charge in [0, 0.05) is 16.5 Å². The van der Waals surface area contributed by atoms with Gasteiger partial charge in [0.25, 0.3) is 0 Å². The Morgan fingerprint density at radius 1 is 0.465 bits per heavy atom. The smallest absolute Gasteiger partial charge is 0.227 e. The molecule has 0 fully saturated rings. The van der Waals surface area contributed by atoms with E-state index in [0.717, 1.165) is 66.3 Å². The zero-order valence-electron chi connectivity index (χ0n) is 23.1. The summed E-state index contributed by atoms with van der Waals surface area (Å²) in [4.78, 5) is 7.13. The molecule has 9 rings (SSSR count). The van der Waals surface area contributed by atoms with E-state index in [4.69, 9.17) is 13.8 Å². The first-order valence-corrected chi connectivity index (χ1v) is 14.4. The van der Waals surface area contributed by atoms with Gasteiger partial charge in [-0.1, -0.05) is 97.1 Å². The standard InChI is InChI=1S/C39H24N2O2/c1-2-9-25(10-3-1)26-17-20-28(21-18-26)41(33-14-8-16-35-38(33)31-13-6-7-15-34(31)42-35)29-23-32-37-30-12-5-4-11-27(30)19-22-36(37)43-39(32)40-24-29/h1-24H. The van der Waals surface area contributed by atoms with Gasteiger partial charge in [-0.2, -0.15) is 0 Å². The molecule has 0 radical (unpaired) electrons. The zero-order valence-corrected chi connectivity index (χ0v) is 23.1. The van der Waals surface area contributed by atoms with Crippen molar-refractivity contribution < 1.29 is 8.83 Å². The Balaban J connectivity index is 1.31. The maximum atomic E-state index is 6.30. The van der Waals surface area contributed by atoms with Crippen LogP contribution in [0.5, 0.6) is 0 Å². The van der Waals surface area contributed by atoms with Gasteiger partial charge in [0.05, 0.1) is 28.3 Å². The number of para-hydroxylation sites is 1. The molecule has 4 heteroatoms. The van der Waals surface area contributed by atoms with E-state index in [9.17, 15) is 0 Å². The molecule has 202 valence electrons. The highest BCUT2D eigenvalue weighted by Crippen LogP contribution is 2.44. The molecule has 0 amide bonds. The summed E-state index contributed by atoms with van der Waals surface area (Å²) in [5, 5.41) is 6.53. The van der Waals surface area contributed by atoms with E-state index >= 15 is 0 Å². The molecule has 0 aliphatic carbocycles. The van der Waals surface area contributed by atoms with Crippen LogP contribution in [-0.2, 0) is 0 Å². The van der Waals surface area contributed by atoms with Crippen molar-refractivity contribution in [1.82, 2.24) is 4.98 Å². The van der Waals surface area contributed by atoms with E-state index < -0.39 is 0 Å². The Hall–Kier alpha value is -5.87. The molecule has 0 saturated heterocycles. The normalized spacial score (nSPS) is 11.7. The lowest BCUT2D eigenvalue weighted by Crippen LogP contribution is -2.10. The largest absolute Gasteiger partial charge is 0.456 e. The predicted molar refractivity (Wildman–Crippen MR) is 176 cm³/mol. The third kappa shape index (κ3) is 3.74. The second-order valence-electron chi connectivity index (χ2n) is 10.8. The van der Waals surface area contributed by atoms with Crippen molar-refractivity contribution >= 4 is 71.8 Å². The third-order valence-corrected chi connectivity index (χ3v) is 8.32. The molecule has 0 spiro atoms. The second kappa shape index (κ2) is 9.33. The van der Waals surface area contributed by atoms with E-state index in [1.54, 1.807) is 0 Å². The molecule has 6 aromatic carbocycles. The van der Waals surface area contributed by atoms with Gasteiger partial charge in [0.2, 0.25) is 5.71 Å². The molecule has 0 unspecified atom stereocenters. The lowest BCUT2D eigenvalue weighted by Gasteiger charge is -2.26. The zero-order chi connectivity index (χ0) is 28.3. The van der Waals surface area contributed by atoms with Gasteiger partial charge in [-0.15, -0.1) is 0 Å². The van der Waals surface area contributed by atoms with Crippen LogP contribution in [0.25, 0.3) is 65.9 Å². The highest BCUT2D eigenvalue weighted by Gasteiger charge is 2.21. The van der Waals surface area contributed by atoms with E-state index in [1.165, 1.54) is 10.9 Å². The number of benzene rings is 6. The van der Waals surface area contributed by atoms with E-state index in [1.807, 2.05) is 36.5 Å². The Morgan fingerprint density at radius 2 is 1.19 bits per heavy atom. The van der Waals surface area contributed by atoms with Crippen LogP contribution in [0.15, 0.2) is 155 Å². The van der Waals surface area contributed by atoms with Gasteiger partial charge in [-0.05, 0) is 64.4 Å². The molecule has 0 N–H and O–H groups in total. The van der Waals surface area contributed by atoms with Crippen molar-refractivity contribution in [3.8, 4) is 11.1 Å². The van der Waals surface area contributed by atoms with Crippen molar-refractivity contribution in [3.05, 3.63) is 146 Å². The molecule has 4 nitrogen and oxygen atoms in total. The van der Waals surface area contributed by atoms with Gasteiger partial charge >= 0.3 is 0 Å². The predicted octanol–water partition coefficient (Wildman–Crippen LogP) is 11.2. The fourth-order valence-electron chi connectivity index (χ4n) is 6.35. The van der Waals surface area contributed by atoms with Crippen LogP contribution in [-0.4, -0.2) is 4.98 Å². The van der Waals surface area contributed by atoms with Crippen LogP contribution in [0, 0.1) is 0 Å². The maximum absolute atomic E-state index is 6.30. The summed E-state index contributed by atoms with van der Waals surface area (Å²) in [5.41, 5.74) is 8.50. The summed E-state index contributed by atoms with van der Waals surface area (Å²) in [5.74, 6) is 0. The minimum Gasteiger partial charge on any atom is -0.456 e. The first kappa shape index (κ1) is 23.8. The van der Waals surface area contributed by atoms with Crippen molar-refractivity contribution in [2.75, 3.05) is 4.90 Å². The molecule has 0 atom stereocenters. The number of rotatable bonds is 4. The van der Waals surface area contributed by atoms with Crippen molar-refractivity contribution in [2.24, 2.45) is 0 Å². The summed E-state index contributed by atoms with van der Waals surface area (Å²) < 4.78 is 12.5. The second-order valence-corrected chi connectivity index (χ2v) is 10.8. The Labute approximate surface area is 247 Å². The molecule has 43 heavy (non-hydrogen) atoms. The van der Waals surface area contributed by atoms with Gasteiger partial charge in [0.1, 0.15) is 16.7 Å². The van der Waals surface area contributed by atoms with Crippen LogP contribution in [0.3, 0.4) is 0 Å². The number of aromatic nitrogens is 1. The number of nitrogens with zero attached hydrogens (tertiary/aromatic N) is 2. The summed E-state index contributed by atoms with van der Waals surface area (Å²) in [6.07, 6.45) is 1.90. The van der Waals surface area contributed by atoms with Crippen molar-refractivity contribution in [1.29, 1.82) is 0 Å². The monoisotopic (exact) mass is 552 g/mol. The number of furan rings is 2. The Morgan fingerprint density at radius 3 is 2.07 bits per heavy atom. The summed E-state index contributed by atoms with van der Waals surface area (Å²) in [7, 11) is 0. The van der Waals surface area contributed by atoms with Gasteiger partial charge < -0.3 is 13.7 Å². The van der Waals surface area contributed by atoms with Crippen LogP contribution in [0.2, 0.25) is 0 Å². The van der Waals surface area contributed by atoms with Crippen molar-refractivity contribution in [2.45, 2.75) is 0 Å². The highest BCUT2D eigenvalue weighted by molar-refractivity contribution is 6.19. The molecule has 9 aromatic rings. The minimum atomic E-state index is 0.626. The first-order chi connectivity index (χ1) is 21.3. The lowest BCUT2D eigenvalue weighted by atomic mass is 10.0. The topological polar surface area (TPSA) is 42.4 Å². The quantitative estimate of drug-likeness (QED) is 0.218. The molecular formula is C39H24N2O2. The van der Waals surface area contributed by atoms with E-state index in [-0.39, 0.29) is 0 Å². The number of pyridine rings is 1. The van der Waals surface area contributed by atoms with Crippen LogP contribution >= 0.6 is 0 Å². The van der Waals surface area contributed by atoms with E-state index in [0.29, 0.717) is 5.71 Å². The SMILES string of the molecule is c1ccc(-c2ccc(N(c3cnc4oc5ccc6ccccc6c5c4c3)c3cccc4oc5ccccc5c34)cc2)cc1. The number of hydrogen-bond donors (Lipinski definition) is 0. The van der Waals surface area contributed by atoms with Crippen LogP contribution in [0.1, 0.15) is 0 Å². The molecule has 0 aliphatic heterocycles.